The van der Waals surface area contributed by atoms with Gasteiger partial charge in [-0.3, -0.25) is 0 Å². The summed E-state index contributed by atoms with van der Waals surface area (Å²) < 4.78 is 0. The third-order valence-corrected chi connectivity index (χ3v) is 3.27. The Kier molecular flexibility index (Phi) is 3.82. The third kappa shape index (κ3) is 3.19. The summed E-state index contributed by atoms with van der Waals surface area (Å²) in [7, 11) is 0. The second-order valence-electron chi connectivity index (χ2n) is 4.36. The van der Waals surface area contributed by atoms with E-state index in [9.17, 15) is 0 Å². The molecule has 88 valence electrons. The van der Waals surface area contributed by atoms with Crippen molar-refractivity contribution in [2.45, 2.75) is 26.2 Å². The van der Waals surface area contributed by atoms with Crippen molar-refractivity contribution in [1.29, 1.82) is 0 Å². The fourth-order valence-corrected chi connectivity index (χ4v) is 2.51. The Morgan fingerprint density at radius 2 is 1.88 bits per heavy atom. The molecule has 1 N–H and O–H groups in total. The van der Waals surface area contributed by atoms with Gasteiger partial charge in [0.1, 0.15) is 0 Å². The summed E-state index contributed by atoms with van der Waals surface area (Å²) in [6.45, 7) is 3.16. The largest absolute Gasteiger partial charge is 0.354 e. The molecule has 0 aliphatic heterocycles. The van der Waals surface area contributed by atoms with Crippen LogP contribution in [0.25, 0.3) is 0 Å². The van der Waals surface area contributed by atoms with Crippen LogP contribution < -0.4 is 5.32 Å². The second-order valence-corrected chi connectivity index (χ2v) is 5.04. The van der Waals surface area contributed by atoms with Crippen molar-refractivity contribution in [3.63, 3.8) is 0 Å². The van der Waals surface area contributed by atoms with Crippen LogP contribution in [0.15, 0.2) is 0 Å². The van der Waals surface area contributed by atoms with E-state index in [2.05, 4.69) is 27.2 Å². The zero-order chi connectivity index (χ0) is 11.5. The SMILES string of the molecule is CC1CCC(CNc2nc(Cl)nc(Cl)n2)C1. The van der Waals surface area contributed by atoms with Crippen molar-refractivity contribution in [1.82, 2.24) is 15.0 Å². The van der Waals surface area contributed by atoms with E-state index in [1.54, 1.807) is 0 Å². The van der Waals surface area contributed by atoms with E-state index in [4.69, 9.17) is 23.2 Å². The van der Waals surface area contributed by atoms with Gasteiger partial charge in [-0.2, -0.15) is 15.0 Å². The molecule has 1 aromatic heterocycles. The van der Waals surface area contributed by atoms with Gasteiger partial charge in [-0.25, -0.2) is 0 Å². The number of rotatable bonds is 3. The van der Waals surface area contributed by atoms with Crippen LogP contribution in [0.4, 0.5) is 5.95 Å². The summed E-state index contributed by atoms with van der Waals surface area (Å²) in [4.78, 5) is 11.6. The molecular formula is C10H14Cl2N4. The lowest BCUT2D eigenvalue weighted by Crippen LogP contribution is -2.13. The number of anilines is 1. The monoisotopic (exact) mass is 260 g/mol. The summed E-state index contributed by atoms with van der Waals surface area (Å²) in [5.41, 5.74) is 0. The maximum Gasteiger partial charge on any atom is 0.228 e. The minimum absolute atomic E-state index is 0.127. The minimum atomic E-state index is 0.127. The van der Waals surface area contributed by atoms with Crippen LogP contribution in [0, 0.1) is 11.8 Å². The lowest BCUT2D eigenvalue weighted by atomic mass is 10.1. The van der Waals surface area contributed by atoms with Crippen molar-refractivity contribution < 1.29 is 0 Å². The first kappa shape index (κ1) is 11.9. The molecule has 4 nitrogen and oxygen atoms in total. The summed E-state index contributed by atoms with van der Waals surface area (Å²) in [6, 6.07) is 0. The topological polar surface area (TPSA) is 50.7 Å². The Morgan fingerprint density at radius 1 is 1.19 bits per heavy atom. The number of halogens is 2. The average Bonchev–Trinajstić information content (AvgIpc) is 2.60. The molecule has 0 spiro atoms. The maximum atomic E-state index is 5.68. The van der Waals surface area contributed by atoms with Crippen LogP contribution in [0.3, 0.4) is 0 Å². The van der Waals surface area contributed by atoms with Gasteiger partial charge in [0, 0.05) is 6.54 Å². The molecule has 2 unspecified atom stereocenters. The first-order valence-electron chi connectivity index (χ1n) is 5.44. The van der Waals surface area contributed by atoms with Crippen LogP contribution in [0.2, 0.25) is 10.6 Å². The molecule has 1 aromatic rings. The van der Waals surface area contributed by atoms with Crippen molar-refractivity contribution >= 4 is 29.2 Å². The molecule has 2 atom stereocenters. The normalized spacial score (nSPS) is 24.7. The Bertz CT molecular complexity index is 352. The highest BCUT2D eigenvalue weighted by Gasteiger charge is 2.21. The van der Waals surface area contributed by atoms with E-state index in [0.29, 0.717) is 11.9 Å². The quantitative estimate of drug-likeness (QED) is 0.908. The van der Waals surface area contributed by atoms with Crippen LogP contribution in [0.5, 0.6) is 0 Å². The molecule has 0 bridgehead atoms. The Hall–Kier alpha value is -0.610. The van der Waals surface area contributed by atoms with Gasteiger partial charge in [-0.1, -0.05) is 13.3 Å². The predicted octanol–water partition coefficient (Wildman–Crippen LogP) is 3.03. The molecule has 0 amide bonds. The van der Waals surface area contributed by atoms with E-state index in [-0.39, 0.29) is 10.6 Å². The molecule has 0 aromatic carbocycles. The number of nitrogens with one attached hydrogen (secondary N) is 1. The molecule has 0 saturated heterocycles. The summed E-state index contributed by atoms with van der Waals surface area (Å²) in [5, 5.41) is 3.41. The summed E-state index contributed by atoms with van der Waals surface area (Å²) in [5.74, 6) is 1.99. The van der Waals surface area contributed by atoms with E-state index < -0.39 is 0 Å². The van der Waals surface area contributed by atoms with Gasteiger partial charge in [-0.15, -0.1) is 0 Å². The Labute approximate surface area is 105 Å². The predicted molar refractivity (Wildman–Crippen MR) is 64.8 cm³/mol. The molecule has 6 heteroatoms. The molecule has 1 aliphatic carbocycles. The number of hydrogen-bond donors (Lipinski definition) is 1. The van der Waals surface area contributed by atoms with Gasteiger partial charge < -0.3 is 5.32 Å². The van der Waals surface area contributed by atoms with Crippen LogP contribution in [-0.4, -0.2) is 21.5 Å². The molecular weight excluding hydrogens is 247 g/mol. The van der Waals surface area contributed by atoms with Crippen LogP contribution in [-0.2, 0) is 0 Å². The smallest absolute Gasteiger partial charge is 0.228 e. The summed E-state index contributed by atoms with van der Waals surface area (Å²) in [6.07, 6.45) is 3.84. The highest BCUT2D eigenvalue weighted by molar-refractivity contribution is 6.31. The van der Waals surface area contributed by atoms with E-state index >= 15 is 0 Å². The molecule has 1 heterocycles. The van der Waals surface area contributed by atoms with E-state index in [0.717, 1.165) is 12.5 Å². The second kappa shape index (κ2) is 5.15. The molecule has 1 saturated carbocycles. The van der Waals surface area contributed by atoms with Gasteiger partial charge in [0.25, 0.3) is 0 Å². The van der Waals surface area contributed by atoms with Gasteiger partial charge in [-0.05, 0) is 47.9 Å². The number of nitrogens with zero attached hydrogens (tertiary/aromatic N) is 3. The molecule has 2 rings (SSSR count). The fraction of sp³-hybridized carbons (Fsp3) is 0.700. The summed E-state index contributed by atoms with van der Waals surface area (Å²) >= 11 is 11.4. The lowest BCUT2D eigenvalue weighted by molar-refractivity contribution is 0.536. The Balaban J connectivity index is 1.89. The first-order chi connectivity index (χ1) is 7.63. The minimum Gasteiger partial charge on any atom is -0.354 e. The Morgan fingerprint density at radius 3 is 2.44 bits per heavy atom. The lowest BCUT2D eigenvalue weighted by Gasteiger charge is -2.10. The average molecular weight is 261 g/mol. The van der Waals surface area contributed by atoms with Crippen molar-refractivity contribution in [2.75, 3.05) is 11.9 Å². The van der Waals surface area contributed by atoms with Crippen LogP contribution in [0.1, 0.15) is 26.2 Å². The highest BCUT2D eigenvalue weighted by atomic mass is 35.5. The number of hydrogen-bond acceptors (Lipinski definition) is 4. The van der Waals surface area contributed by atoms with Gasteiger partial charge in [0.05, 0.1) is 0 Å². The molecule has 0 radical (unpaired) electrons. The zero-order valence-corrected chi connectivity index (χ0v) is 10.6. The van der Waals surface area contributed by atoms with Gasteiger partial charge in [0.15, 0.2) is 0 Å². The van der Waals surface area contributed by atoms with Gasteiger partial charge in [0.2, 0.25) is 16.5 Å². The molecule has 1 aliphatic rings. The third-order valence-electron chi connectivity index (χ3n) is 2.93. The molecule has 1 fully saturated rings. The van der Waals surface area contributed by atoms with E-state index in [1.165, 1.54) is 19.3 Å². The number of aromatic nitrogens is 3. The molecule has 16 heavy (non-hydrogen) atoms. The van der Waals surface area contributed by atoms with Gasteiger partial charge >= 0.3 is 0 Å². The van der Waals surface area contributed by atoms with Crippen molar-refractivity contribution in [3.05, 3.63) is 10.6 Å². The van der Waals surface area contributed by atoms with E-state index in [1.807, 2.05) is 0 Å². The standard InChI is InChI=1S/C10H14Cl2N4/c1-6-2-3-7(4-6)5-13-10-15-8(11)14-9(12)16-10/h6-7H,2-5H2,1H3,(H,13,14,15,16). The van der Waals surface area contributed by atoms with Crippen LogP contribution >= 0.6 is 23.2 Å². The van der Waals surface area contributed by atoms with Crippen molar-refractivity contribution in [3.8, 4) is 0 Å². The fourth-order valence-electron chi connectivity index (χ4n) is 2.15. The zero-order valence-electron chi connectivity index (χ0n) is 9.08. The first-order valence-corrected chi connectivity index (χ1v) is 6.20. The van der Waals surface area contributed by atoms with Crippen molar-refractivity contribution in [2.24, 2.45) is 11.8 Å². The maximum absolute atomic E-state index is 5.68. The highest BCUT2D eigenvalue weighted by Crippen LogP contribution is 2.30.